The first-order valence-electron chi connectivity index (χ1n) is 14.2. The molecular formula is C34H34FN5O3. The number of amides is 4. The normalized spacial score (nSPS) is 13.2. The first kappa shape index (κ1) is 29.3. The van der Waals surface area contributed by atoms with Gasteiger partial charge in [0.25, 0.3) is 11.8 Å². The molecule has 0 unspecified atom stereocenters. The molecule has 5 rings (SSSR count). The van der Waals surface area contributed by atoms with E-state index >= 15 is 0 Å². The van der Waals surface area contributed by atoms with Crippen LogP contribution in [0.4, 0.5) is 26.2 Å². The summed E-state index contributed by atoms with van der Waals surface area (Å²) in [6, 6.07) is 29.7. The molecule has 0 radical (unpaired) electrons. The maximum absolute atomic E-state index is 14.1. The van der Waals surface area contributed by atoms with Crippen molar-refractivity contribution in [3.05, 3.63) is 126 Å². The van der Waals surface area contributed by atoms with Gasteiger partial charge in [0.05, 0.1) is 11.3 Å². The Morgan fingerprint density at radius 2 is 1.49 bits per heavy atom. The smallest absolute Gasteiger partial charge is 0.321 e. The maximum atomic E-state index is 14.1. The SMILES string of the molecule is CN(Cc1ccccc1)C(=O)c1cc(NC(=O)c2ccccc2)ccc1N1CCCN(C(=O)Nc2ccccc2F)CC1. The summed E-state index contributed by atoms with van der Waals surface area (Å²) < 4.78 is 14.1. The minimum Gasteiger partial charge on any atom is -0.369 e. The molecule has 4 aromatic carbocycles. The van der Waals surface area contributed by atoms with Crippen LogP contribution in [0.15, 0.2) is 103 Å². The molecule has 9 heteroatoms. The van der Waals surface area contributed by atoms with Gasteiger partial charge in [0.15, 0.2) is 0 Å². The molecular weight excluding hydrogens is 545 g/mol. The molecule has 1 aliphatic heterocycles. The zero-order chi connectivity index (χ0) is 30.2. The molecule has 1 saturated heterocycles. The van der Waals surface area contributed by atoms with Gasteiger partial charge in [-0.3, -0.25) is 9.59 Å². The molecule has 1 fully saturated rings. The Morgan fingerprint density at radius 1 is 0.791 bits per heavy atom. The lowest BCUT2D eigenvalue weighted by molar-refractivity contribution is 0.0785. The summed E-state index contributed by atoms with van der Waals surface area (Å²) >= 11 is 0. The van der Waals surface area contributed by atoms with Gasteiger partial charge in [0, 0.05) is 56.7 Å². The minimum atomic E-state index is -0.491. The van der Waals surface area contributed by atoms with Crippen LogP contribution in [0.25, 0.3) is 0 Å². The highest BCUT2D eigenvalue weighted by Crippen LogP contribution is 2.28. The third kappa shape index (κ3) is 7.37. The average Bonchev–Trinajstić information content (AvgIpc) is 3.29. The van der Waals surface area contributed by atoms with Crippen molar-refractivity contribution >= 4 is 34.9 Å². The van der Waals surface area contributed by atoms with E-state index in [1.165, 1.54) is 12.1 Å². The highest BCUT2D eigenvalue weighted by atomic mass is 19.1. The second kappa shape index (κ2) is 13.7. The van der Waals surface area contributed by atoms with Crippen molar-refractivity contribution in [3.8, 4) is 0 Å². The number of halogens is 1. The van der Waals surface area contributed by atoms with E-state index in [1.54, 1.807) is 65.4 Å². The Balaban J connectivity index is 1.36. The van der Waals surface area contributed by atoms with Gasteiger partial charge in [-0.15, -0.1) is 0 Å². The summed E-state index contributed by atoms with van der Waals surface area (Å²) in [4.78, 5) is 45.1. The van der Waals surface area contributed by atoms with Crippen LogP contribution in [0.5, 0.6) is 0 Å². The van der Waals surface area contributed by atoms with E-state index in [1.807, 2.05) is 42.5 Å². The Hall–Kier alpha value is -5.18. The Bertz CT molecular complexity index is 1580. The van der Waals surface area contributed by atoms with Gasteiger partial charge in [-0.1, -0.05) is 60.7 Å². The standard InChI is InChI=1S/C34H34FN5O3/c1-38(24-25-11-4-2-5-12-25)33(42)28-23-27(36-32(41)26-13-6-3-7-14-26)17-18-31(28)39-19-10-20-40(22-21-39)34(43)37-30-16-9-8-15-29(30)35/h2-9,11-18,23H,10,19-22,24H2,1H3,(H,36,41)(H,37,43). The molecule has 1 heterocycles. The van der Waals surface area contributed by atoms with Crippen molar-refractivity contribution in [2.45, 2.75) is 13.0 Å². The highest BCUT2D eigenvalue weighted by Gasteiger charge is 2.25. The molecule has 0 atom stereocenters. The largest absolute Gasteiger partial charge is 0.369 e. The number of urea groups is 1. The zero-order valence-corrected chi connectivity index (χ0v) is 24.0. The third-order valence-corrected chi connectivity index (χ3v) is 7.37. The fraction of sp³-hybridized carbons (Fsp3) is 0.206. The molecule has 0 spiro atoms. The van der Waals surface area contributed by atoms with Crippen LogP contribution < -0.4 is 15.5 Å². The third-order valence-electron chi connectivity index (χ3n) is 7.37. The van der Waals surface area contributed by atoms with Crippen LogP contribution in [0.3, 0.4) is 0 Å². The molecule has 8 nitrogen and oxygen atoms in total. The van der Waals surface area contributed by atoms with Gasteiger partial charge in [-0.2, -0.15) is 0 Å². The number of carbonyl (C=O) groups excluding carboxylic acids is 3. The predicted octanol–water partition coefficient (Wildman–Crippen LogP) is 6.09. The lowest BCUT2D eigenvalue weighted by Gasteiger charge is -2.28. The highest BCUT2D eigenvalue weighted by molar-refractivity contribution is 6.06. The van der Waals surface area contributed by atoms with Gasteiger partial charge in [0.1, 0.15) is 5.82 Å². The van der Waals surface area contributed by atoms with Crippen LogP contribution in [0.2, 0.25) is 0 Å². The summed E-state index contributed by atoms with van der Waals surface area (Å²) in [6.07, 6.45) is 0.657. The van der Waals surface area contributed by atoms with Crippen molar-refractivity contribution in [3.63, 3.8) is 0 Å². The zero-order valence-electron chi connectivity index (χ0n) is 24.0. The van der Waals surface area contributed by atoms with Crippen molar-refractivity contribution in [2.24, 2.45) is 0 Å². The molecule has 0 aliphatic carbocycles. The average molecular weight is 580 g/mol. The second-order valence-corrected chi connectivity index (χ2v) is 10.4. The fourth-order valence-electron chi connectivity index (χ4n) is 5.11. The predicted molar refractivity (Wildman–Crippen MR) is 167 cm³/mol. The Kier molecular flexibility index (Phi) is 9.31. The number of benzene rings is 4. The van der Waals surface area contributed by atoms with Gasteiger partial charge >= 0.3 is 6.03 Å². The first-order chi connectivity index (χ1) is 20.9. The van der Waals surface area contributed by atoms with Crippen molar-refractivity contribution < 1.29 is 18.8 Å². The summed E-state index contributed by atoms with van der Waals surface area (Å²) in [5.41, 5.74) is 3.33. The van der Waals surface area contributed by atoms with E-state index in [-0.39, 0.29) is 23.5 Å². The number of anilines is 3. The van der Waals surface area contributed by atoms with E-state index < -0.39 is 5.82 Å². The van der Waals surface area contributed by atoms with Gasteiger partial charge in [-0.25, -0.2) is 9.18 Å². The number of para-hydroxylation sites is 1. The summed E-state index contributed by atoms with van der Waals surface area (Å²) in [6.45, 7) is 2.38. The number of carbonyl (C=O) groups is 3. The van der Waals surface area contributed by atoms with E-state index in [0.717, 1.165) is 11.3 Å². The topological polar surface area (TPSA) is 85.0 Å². The molecule has 1 aliphatic rings. The monoisotopic (exact) mass is 579 g/mol. The van der Waals surface area contributed by atoms with Crippen molar-refractivity contribution in [1.29, 1.82) is 0 Å². The van der Waals surface area contributed by atoms with Gasteiger partial charge in [-0.05, 0) is 54.4 Å². The van der Waals surface area contributed by atoms with Gasteiger partial charge < -0.3 is 25.3 Å². The van der Waals surface area contributed by atoms with E-state index in [2.05, 4.69) is 15.5 Å². The van der Waals surface area contributed by atoms with Crippen LogP contribution in [0, 0.1) is 5.82 Å². The lowest BCUT2D eigenvalue weighted by Crippen LogP contribution is -2.38. The lowest BCUT2D eigenvalue weighted by atomic mass is 10.1. The molecule has 4 aromatic rings. The molecule has 2 N–H and O–H groups in total. The Morgan fingerprint density at radius 3 is 2.23 bits per heavy atom. The number of hydrogen-bond donors (Lipinski definition) is 2. The van der Waals surface area contributed by atoms with E-state index in [9.17, 15) is 18.8 Å². The quantitative estimate of drug-likeness (QED) is 0.277. The molecule has 0 aromatic heterocycles. The van der Waals surface area contributed by atoms with Crippen molar-refractivity contribution in [1.82, 2.24) is 9.80 Å². The van der Waals surface area contributed by atoms with Crippen LogP contribution in [0.1, 0.15) is 32.7 Å². The van der Waals surface area contributed by atoms with Crippen LogP contribution >= 0.6 is 0 Å². The number of nitrogens with zero attached hydrogens (tertiary/aromatic N) is 3. The molecule has 4 amide bonds. The second-order valence-electron chi connectivity index (χ2n) is 10.4. The number of hydrogen-bond acceptors (Lipinski definition) is 4. The molecule has 220 valence electrons. The molecule has 0 bridgehead atoms. The van der Waals surface area contributed by atoms with Gasteiger partial charge in [0.2, 0.25) is 0 Å². The van der Waals surface area contributed by atoms with Crippen LogP contribution in [-0.4, -0.2) is 60.9 Å². The molecule has 43 heavy (non-hydrogen) atoms. The van der Waals surface area contributed by atoms with Crippen molar-refractivity contribution in [2.75, 3.05) is 48.8 Å². The summed E-state index contributed by atoms with van der Waals surface area (Å²) in [5.74, 6) is -0.946. The van der Waals surface area contributed by atoms with E-state index in [0.29, 0.717) is 56.0 Å². The first-order valence-corrected chi connectivity index (χ1v) is 14.2. The molecule has 0 saturated carbocycles. The van der Waals surface area contributed by atoms with E-state index in [4.69, 9.17) is 0 Å². The minimum absolute atomic E-state index is 0.135. The summed E-state index contributed by atoms with van der Waals surface area (Å²) in [5, 5.41) is 5.58. The number of rotatable bonds is 7. The summed E-state index contributed by atoms with van der Waals surface area (Å²) in [7, 11) is 1.76. The van der Waals surface area contributed by atoms with Crippen LogP contribution in [-0.2, 0) is 6.54 Å². The maximum Gasteiger partial charge on any atom is 0.321 e. The Labute approximate surface area is 250 Å². The fourth-order valence-corrected chi connectivity index (χ4v) is 5.11. The number of nitrogens with one attached hydrogen (secondary N) is 2.